The molecule has 0 unspecified atom stereocenters. The van der Waals surface area contributed by atoms with Gasteiger partial charge in [0.2, 0.25) is 0 Å². The number of amides is 1. The van der Waals surface area contributed by atoms with Gasteiger partial charge in [-0.1, -0.05) is 11.6 Å². The summed E-state index contributed by atoms with van der Waals surface area (Å²) in [6, 6.07) is 13.0. The molecule has 3 aromatic rings. The summed E-state index contributed by atoms with van der Waals surface area (Å²) in [5.74, 6) is -0.655. The Balaban J connectivity index is 1.76. The van der Waals surface area contributed by atoms with Crippen molar-refractivity contribution in [2.45, 2.75) is 26.7 Å². The smallest absolute Gasteiger partial charge is 0.337 e. The summed E-state index contributed by atoms with van der Waals surface area (Å²) in [7, 11) is 1.35. The number of rotatable bonds is 4. The van der Waals surface area contributed by atoms with Gasteiger partial charge in [0.25, 0.3) is 5.91 Å². The highest BCUT2D eigenvalue weighted by Gasteiger charge is 2.20. The van der Waals surface area contributed by atoms with Crippen LogP contribution in [0.3, 0.4) is 0 Å². The maximum absolute atomic E-state index is 13.3. The molecular weight excluding hydrogens is 378 g/mol. The Morgan fingerprint density at radius 1 is 1.03 bits per heavy atom. The second-order valence-corrected chi connectivity index (χ2v) is 7.70. The summed E-state index contributed by atoms with van der Waals surface area (Å²) in [4.78, 5) is 32.2. The molecule has 1 saturated heterocycles. The van der Waals surface area contributed by atoms with E-state index in [1.807, 2.05) is 38.1 Å². The van der Waals surface area contributed by atoms with Gasteiger partial charge in [-0.05, 0) is 63.1 Å². The minimum absolute atomic E-state index is 0.224. The van der Waals surface area contributed by atoms with Crippen LogP contribution in [-0.2, 0) is 4.74 Å². The van der Waals surface area contributed by atoms with E-state index in [4.69, 9.17) is 4.74 Å². The van der Waals surface area contributed by atoms with Crippen LogP contribution in [0.15, 0.2) is 42.5 Å². The number of nitrogens with zero attached hydrogens (tertiary/aromatic N) is 2. The number of carbonyl (C=O) groups excluding carboxylic acids is 2. The number of esters is 1. The fraction of sp³-hybridized carbons (Fsp3) is 0.292. The Labute approximate surface area is 175 Å². The molecule has 1 aliphatic rings. The quantitative estimate of drug-likeness (QED) is 0.650. The average molecular weight is 403 g/mol. The summed E-state index contributed by atoms with van der Waals surface area (Å²) < 4.78 is 4.86. The number of hydrogen-bond acceptors (Lipinski definition) is 5. The number of fused-ring (bicyclic) bond motifs is 1. The van der Waals surface area contributed by atoms with Crippen molar-refractivity contribution in [3.8, 4) is 0 Å². The molecule has 154 valence electrons. The van der Waals surface area contributed by atoms with Crippen LogP contribution < -0.4 is 10.2 Å². The van der Waals surface area contributed by atoms with Gasteiger partial charge < -0.3 is 15.0 Å². The molecule has 4 rings (SSSR count). The fourth-order valence-corrected chi connectivity index (χ4v) is 3.96. The molecule has 1 N–H and O–H groups in total. The highest BCUT2D eigenvalue weighted by molar-refractivity contribution is 6.13. The van der Waals surface area contributed by atoms with E-state index in [0.29, 0.717) is 16.8 Å². The molecule has 1 amide bonds. The van der Waals surface area contributed by atoms with E-state index in [1.54, 1.807) is 18.2 Å². The zero-order chi connectivity index (χ0) is 21.3. The van der Waals surface area contributed by atoms with E-state index in [0.717, 1.165) is 53.8 Å². The van der Waals surface area contributed by atoms with E-state index in [1.165, 1.54) is 7.11 Å². The number of carbonyl (C=O) groups is 2. The molecule has 0 bridgehead atoms. The van der Waals surface area contributed by atoms with Crippen molar-refractivity contribution < 1.29 is 14.3 Å². The van der Waals surface area contributed by atoms with Gasteiger partial charge in [0.1, 0.15) is 0 Å². The van der Waals surface area contributed by atoms with E-state index < -0.39 is 5.97 Å². The van der Waals surface area contributed by atoms with Crippen LogP contribution >= 0.6 is 0 Å². The molecule has 2 aromatic carbocycles. The molecule has 0 radical (unpaired) electrons. The van der Waals surface area contributed by atoms with Crippen molar-refractivity contribution in [2.75, 3.05) is 30.4 Å². The van der Waals surface area contributed by atoms with Crippen molar-refractivity contribution in [1.82, 2.24) is 4.98 Å². The predicted molar refractivity (Wildman–Crippen MR) is 118 cm³/mol. The number of pyridine rings is 1. The summed E-state index contributed by atoms with van der Waals surface area (Å²) >= 11 is 0. The van der Waals surface area contributed by atoms with Crippen LogP contribution in [0.1, 0.15) is 44.8 Å². The number of benzene rings is 2. The summed E-state index contributed by atoms with van der Waals surface area (Å²) in [6.07, 6.45) is 2.22. The highest BCUT2D eigenvalue weighted by atomic mass is 16.5. The molecule has 0 saturated carbocycles. The average Bonchev–Trinajstić information content (AvgIpc) is 3.27. The van der Waals surface area contributed by atoms with Gasteiger partial charge >= 0.3 is 5.97 Å². The lowest BCUT2D eigenvalue weighted by Crippen LogP contribution is -2.22. The fourth-order valence-electron chi connectivity index (χ4n) is 3.96. The first kappa shape index (κ1) is 19.9. The van der Waals surface area contributed by atoms with E-state index >= 15 is 0 Å². The first-order valence-corrected chi connectivity index (χ1v) is 10.1. The molecule has 0 aliphatic carbocycles. The topological polar surface area (TPSA) is 71.5 Å². The minimum Gasteiger partial charge on any atom is -0.465 e. The Hall–Kier alpha value is -3.41. The molecule has 6 heteroatoms. The van der Waals surface area contributed by atoms with Crippen LogP contribution in [0.4, 0.5) is 11.4 Å². The second-order valence-electron chi connectivity index (χ2n) is 7.70. The zero-order valence-electron chi connectivity index (χ0n) is 17.5. The molecule has 1 aliphatic heterocycles. The molecular formula is C24H25N3O3. The lowest BCUT2D eigenvalue weighted by Gasteiger charge is -2.22. The molecule has 0 atom stereocenters. The van der Waals surface area contributed by atoms with Gasteiger partial charge in [0.05, 0.1) is 35.1 Å². The van der Waals surface area contributed by atoms with Gasteiger partial charge in [-0.15, -0.1) is 0 Å². The van der Waals surface area contributed by atoms with Crippen LogP contribution in [0.25, 0.3) is 10.9 Å². The lowest BCUT2D eigenvalue weighted by molar-refractivity contribution is 0.0600. The highest BCUT2D eigenvalue weighted by Crippen LogP contribution is 2.31. The first-order chi connectivity index (χ1) is 14.5. The SMILES string of the molecule is COC(=O)c1ccc(N2CCCC2)c(NC(=O)c2cc(C)nc3ccc(C)cc23)c1. The zero-order valence-corrected chi connectivity index (χ0v) is 17.5. The van der Waals surface area contributed by atoms with E-state index in [2.05, 4.69) is 15.2 Å². The number of nitrogens with one attached hydrogen (secondary N) is 1. The van der Waals surface area contributed by atoms with Crippen LogP contribution in [0.2, 0.25) is 0 Å². The van der Waals surface area contributed by atoms with Crippen molar-refractivity contribution in [3.05, 3.63) is 64.8 Å². The van der Waals surface area contributed by atoms with Gasteiger partial charge in [0, 0.05) is 24.2 Å². The largest absolute Gasteiger partial charge is 0.465 e. The van der Waals surface area contributed by atoms with E-state index in [-0.39, 0.29) is 5.91 Å². The minimum atomic E-state index is -0.431. The van der Waals surface area contributed by atoms with E-state index in [9.17, 15) is 9.59 Å². The van der Waals surface area contributed by atoms with Gasteiger partial charge in [-0.3, -0.25) is 9.78 Å². The molecule has 1 fully saturated rings. The number of aryl methyl sites for hydroxylation is 2. The Kier molecular flexibility index (Phi) is 5.40. The number of aromatic nitrogens is 1. The standard InChI is InChI=1S/C24H25N3O3/c1-15-6-8-20-18(12-15)19(13-16(2)25-20)23(28)26-21-14-17(24(29)30-3)7-9-22(21)27-10-4-5-11-27/h6-9,12-14H,4-5,10-11H2,1-3H3,(H,26,28). The Morgan fingerprint density at radius 2 is 1.80 bits per heavy atom. The normalized spacial score (nSPS) is 13.5. The maximum atomic E-state index is 13.3. The summed E-state index contributed by atoms with van der Waals surface area (Å²) in [6.45, 7) is 5.73. The molecule has 30 heavy (non-hydrogen) atoms. The molecule has 0 spiro atoms. The van der Waals surface area contributed by atoms with Crippen LogP contribution in [-0.4, -0.2) is 37.1 Å². The number of anilines is 2. The second kappa shape index (κ2) is 8.14. The molecule has 6 nitrogen and oxygen atoms in total. The Morgan fingerprint density at radius 3 is 2.53 bits per heavy atom. The maximum Gasteiger partial charge on any atom is 0.337 e. The van der Waals surface area contributed by atoms with Crippen molar-refractivity contribution in [2.24, 2.45) is 0 Å². The summed E-state index contributed by atoms with van der Waals surface area (Å²) in [5.41, 5.74) is 5.13. The van der Waals surface area contributed by atoms with Gasteiger partial charge in [-0.2, -0.15) is 0 Å². The number of hydrogen-bond donors (Lipinski definition) is 1. The van der Waals surface area contributed by atoms with Gasteiger partial charge in [-0.25, -0.2) is 4.79 Å². The monoisotopic (exact) mass is 403 g/mol. The third-order valence-electron chi connectivity index (χ3n) is 5.45. The predicted octanol–water partition coefficient (Wildman–Crippen LogP) is 4.49. The van der Waals surface area contributed by atoms with Crippen LogP contribution in [0, 0.1) is 13.8 Å². The number of ether oxygens (including phenoxy) is 1. The van der Waals surface area contributed by atoms with Gasteiger partial charge in [0.15, 0.2) is 0 Å². The third kappa shape index (κ3) is 3.85. The summed E-state index contributed by atoms with van der Waals surface area (Å²) in [5, 5.41) is 3.86. The Bertz CT molecular complexity index is 1130. The van der Waals surface area contributed by atoms with Crippen molar-refractivity contribution in [3.63, 3.8) is 0 Å². The van der Waals surface area contributed by atoms with Crippen molar-refractivity contribution >= 4 is 34.2 Å². The third-order valence-corrected chi connectivity index (χ3v) is 5.45. The lowest BCUT2D eigenvalue weighted by atomic mass is 10.0. The number of methoxy groups -OCH3 is 1. The van der Waals surface area contributed by atoms with Crippen molar-refractivity contribution in [1.29, 1.82) is 0 Å². The molecule has 1 aromatic heterocycles. The van der Waals surface area contributed by atoms with Crippen LogP contribution in [0.5, 0.6) is 0 Å². The first-order valence-electron chi connectivity index (χ1n) is 10.1. The molecule has 2 heterocycles.